The minimum absolute atomic E-state index is 0.459. The van der Waals surface area contributed by atoms with Gasteiger partial charge in [-0.3, -0.25) is 9.78 Å². The fourth-order valence-electron chi connectivity index (χ4n) is 3.63. The van der Waals surface area contributed by atoms with E-state index in [1.165, 1.54) is 32.1 Å². The van der Waals surface area contributed by atoms with E-state index in [1.54, 1.807) is 6.20 Å². The maximum Gasteiger partial charge on any atom is 0.315 e. The fraction of sp³-hybridized carbons (Fsp3) is 0.667. The number of aliphatic carboxylic acids is 1. The topological polar surface area (TPSA) is 68.7 Å². The second kappa shape index (κ2) is 7.30. The summed E-state index contributed by atoms with van der Waals surface area (Å²) in [7, 11) is 0. The van der Waals surface area contributed by atoms with E-state index in [9.17, 15) is 9.90 Å². The molecular formula is C18H25NO4. The lowest BCUT2D eigenvalue weighted by Gasteiger charge is -2.32. The maximum atomic E-state index is 11.9. The van der Waals surface area contributed by atoms with Crippen LogP contribution in [-0.2, 0) is 14.9 Å². The van der Waals surface area contributed by atoms with Crippen LogP contribution < -0.4 is 4.74 Å². The molecule has 1 saturated heterocycles. The van der Waals surface area contributed by atoms with Crippen LogP contribution in [-0.4, -0.2) is 35.9 Å². The molecule has 1 aromatic rings. The number of rotatable bonds is 5. The van der Waals surface area contributed by atoms with Gasteiger partial charge in [0.15, 0.2) is 0 Å². The molecule has 2 heterocycles. The fourth-order valence-corrected chi connectivity index (χ4v) is 3.63. The standard InChI is InChI=1S/C18H25NO4/c20-17(21)18(7-10-22-11-8-18)16-12-15(6-9-19-16)23-13-14-4-2-1-3-5-14/h6,9,12,14H,1-5,7-8,10-11,13H2,(H,20,21). The highest BCUT2D eigenvalue weighted by molar-refractivity contribution is 5.81. The third-order valence-electron chi connectivity index (χ3n) is 5.19. The highest BCUT2D eigenvalue weighted by atomic mass is 16.5. The van der Waals surface area contributed by atoms with E-state index in [1.807, 2.05) is 12.1 Å². The Kier molecular flexibility index (Phi) is 5.16. The van der Waals surface area contributed by atoms with Crippen LogP contribution in [0.3, 0.4) is 0 Å². The molecule has 0 amide bonds. The number of carbonyl (C=O) groups is 1. The second-order valence-electron chi connectivity index (χ2n) is 6.69. The van der Waals surface area contributed by atoms with Gasteiger partial charge in [-0.15, -0.1) is 0 Å². The Morgan fingerprint density at radius 2 is 2.04 bits per heavy atom. The first-order valence-electron chi connectivity index (χ1n) is 8.61. The number of pyridine rings is 1. The maximum absolute atomic E-state index is 11.9. The van der Waals surface area contributed by atoms with Gasteiger partial charge in [0.2, 0.25) is 0 Å². The van der Waals surface area contributed by atoms with Gasteiger partial charge in [-0.05, 0) is 37.7 Å². The SMILES string of the molecule is O=C(O)C1(c2cc(OCC3CCCCC3)ccn2)CCOCC1. The summed E-state index contributed by atoms with van der Waals surface area (Å²) >= 11 is 0. The molecule has 126 valence electrons. The molecule has 5 nitrogen and oxygen atoms in total. The van der Waals surface area contributed by atoms with Crippen molar-refractivity contribution in [3.8, 4) is 5.75 Å². The average Bonchev–Trinajstić information content (AvgIpc) is 2.61. The van der Waals surface area contributed by atoms with Crippen molar-refractivity contribution in [3.63, 3.8) is 0 Å². The van der Waals surface area contributed by atoms with Crippen molar-refractivity contribution in [1.29, 1.82) is 0 Å². The second-order valence-corrected chi connectivity index (χ2v) is 6.69. The van der Waals surface area contributed by atoms with Crippen LogP contribution >= 0.6 is 0 Å². The normalized spacial score (nSPS) is 21.7. The van der Waals surface area contributed by atoms with E-state index >= 15 is 0 Å². The van der Waals surface area contributed by atoms with Gasteiger partial charge in [0, 0.05) is 25.5 Å². The summed E-state index contributed by atoms with van der Waals surface area (Å²) in [5, 5.41) is 9.73. The van der Waals surface area contributed by atoms with E-state index < -0.39 is 11.4 Å². The minimum atomic E-state index is -0.942. The molecule has 1 aliphatic heterocycles. The molecule has 3 rings (SSSR count). The van der Waals surface area contributed by atoms with Gasteiger partial charge in [-0.1, -0.05) is 19.3 Å². The number of hydrogen-bond donors (Lipinski definition) is 1. The Morgan fingerprint density at radius 1 is 1.30 bits per heavy atom. The summed E-state index contributed by atoms with van der Waals surface area (Å²) in [6, 6.07) is 3.63. The molecule has 1 saturated carbocycles. The molecule has 0 atom stereocenters. The van der Waals surface area contributed by atoms with Gasteiger partial charge in [0.25, 0.3) is 0 Å². The molecule has 0 spiro atoms. The molecule has 1 N–H and O–H groups in total. The number of ether oxygens (including phenoxy) is 2. The Bertz CT molecular complexity index is 534. The zero-order valence-electron chi connectivity index (χ0n) is 13.5. The predicted octanol–water partition coefficient (Wildman–Crippen LogP) is 3.17. The van der Waals surface area contributed by atoms with E-state index in [0.29, 0.717) is 44.3 Å². The Hall–Kier alpha value is -1.62. The molecule has 5 heteroatoms. The monoisotopic (exact) mass is 319 g/mol. The number of carboxylic acids is 1. The molecule has 0 radical (unpaired) electrons. The van der Waals surface area contributed by atoms with Crippen molar-refractivity contribution in [3.05, 3.63) is 24.0 Å². The minimum Gasteiger partial charge on any atom is -0.493 e. The zero-order chi connectivity index (χ0) is 16.1. The van der Waals surface area contributed by atoms with Crippen LogP contribution in [0.5, 0.6) is 5.75 Å². The largest absolute Gasteiger partial charge is 0.493 e. The molecule has 2 fully saturated rings. The summed E-state index contributed by atoms with van der Waals surface area (Å²) < 4.78 is 11.3. The highest BCUT2D eigenvalue weighted by Crippen LogP contribution is 2.35. The lowest BCUT2D eigenvalue weighted by atomic mass is 9.77. The summed E-state index contributed by atoms with van der Waals surface area (Å²) in [6.45, 7) is 1.63. The van der Waals surface area contributed by atoms with Crippen LogP contribution in [0.15, 0.2) is 18.3 Å². The highest BCUT2D eigenvalue weighted by Gasteiger charge is 2.43. The quantitative estimate of drug-likeness (QED) is 0.903. The van der Waals surface area contributed by atoms with Gasteiger partial charge in [0.05, 0.1) is 12.3 Å². The summed E-state index contributed by atoms with van der Waals surface area (Å²) in [5.41, 5.74) is -0.350. The van der Waals surface area contributed by atoms with E-state index in [4.69, 9.17) is 9.47 Å². The third kappa shape index (κ3) is 3.66. The van der Waals surface area contributed by atoms with Gasteiger partial charge >= 0.3 is 5.97 Å². The van der Waals surface area contributed by atoms with Crippen LogP contribution in [0, 0.1) is 5.92 Å². The summed E-state index contributed by atoms with van der Waals surface area (Å²) in [4.78, 5) is 16.2. The van der Waals surface area contributed by atoms with Crippen LogP contribution in [0.25, 0.3) is 0 Å². The van der Waals surface area contributed by atoms with Crippen LogP contribution in [0.1, 0.15) is 50.6 Å². The molecule has 1 aromatic heterocycles. The van der Waals surface area contributed by atoms with Gasteiger partial charge in [-0.25, -0.2) is 0 Å². The Balaban J connectivity index is 1.71. The summed E-state index contributed by atoms with van der Waals surface area (Å²) in [6.07, 6.45) is 8.95. The van der Waals surface area contributed by atoms with Crippen molar-refractivity contribution in [2.24, 2.45) is 5.92 Å². The van der Waals surface area contributed by atoms with Crippen molar-refractivity contribution >= 4 is 5.97 Å². The first kappa shape index (κ1) is 16.2. The van der Waals surface area contributed by atoms with Crippen molar-refractivity contribution in [1.82, 2.24) is 4.98 Å². The van der Waals surface area contributed by atoms with Crippen molar-refractivity contribution < 1.29 is 19.4 Å². The van der Waals surface area contributed by atoms with Crippen molar-refractivity contribution in [2.75, 3.05) is 19.8 Å². The molecule has 0 aromatic carbocycles. The van der Waals surface area contributed by atoms with Gasteiger partial charge in [-0.2, -0.15) is 0 Å². The predicted molar refractivity (Wildman–Crippen MR) is 85.7 cm³/mol. The molecule has 0 bridgehead atoms. The van der Waals surface area contributed by atoms with Crippen LogP contribution in [0.4, 0.5) is 0 Å². The first-order chi connectivity index (χ1) is 11.2. The van der Waals surface area contributed by atoms with E-state index in [0.717, 1.165) is 5.75 Å². The number of nitrogens with zero attached hydrogens (tertiary/aromatic N) is 1. The first-order valence-corrected chi connectivity index (χ1v) is 8.61. The van der Waals surface area contributed by atoms with E-state index in [-0.39, 0.29) is 0 Å². The zero-order valence-corrected chi connectivity index (χ0v) is 13.5. The third-order valence-corrected chi connectivity index (χ3v) is 5.19. The van der Waals surface area contributed by atoms with Crippen LogP contribution in [0.2, 0.25) is 0 Å². The van der Waals surface area contributed by atoms with Gasteiger partial charge < -0.3 is 14.6 Å². The molecular weight excluding hydrogens is 294 g/mol. The number of aromatic nitrogens is 1. The Morgan fingerprint density at radius 3 is 2.74 bits per heavy atom. The molecule has 2 aliphatic rings. The molecule has 23 heavy (non-hydrogen) atoms. The number of carboxylic acid groups (broad SMARTS) is 1. The smallest absolute Gasteiger partial charge is 0.315 e. The molecule has 1 aliphatic carbocycles. The summed E-state index contributed by atoms with van der Waals surface area (Å²) in [5.74, 6) is 0.530. The lowest BCUT2D eigenvalue weighted by molar-refractivity contribution is -0.148. The lowest BCUT2D eigenvalue weighted by Crippen LogP contribution is -2.42. The molecule has 0 unspecified atom stereocenters. The Labute approximate surface area is 137 Å². The number of hydrogen-bond acceptors (Lipinski definition) is 4. The van der Waals surface area contributed by atoms with Gasteiger partial charge in [0.1, 0.15) is 11.2 Å². The van der Waals surface area contributed by atoms with E-state index in [2.05, 4.69) is 4.98 Å². The average molecular weight is 319 g/mol. The van der Waals surface area contributed by atoms with Crippen molar-refractivity contribution in [2.45, 2.75) is 50.4 Å².